The highest BCUT2D eigenvalue weighted by atomic mass is 14.1. The van der Waals surface area contributed by atoms with Crippen LogP contribution in [0.1, 0.15) is 11.1 Å². The van der Waals surface area contributed by atoms with Crippen molar-refractivity contribution in [1.29, 1.82) is 0 Å². The molecular weight excluding hydrogens is 215 g/mol. The van der Waals surface area contributed by atoms with Gasteiger partial charge in [0.25, 0.3) is 0 Å². The molecule has 0 atom stereocenters. The number of fused-ring (bicyclic) bond motifs is 2. The Morgan fingerprint density at radius 2 is 1.61 bits per heavy atom. The lowest BCUT2D eigenvalue weighted by molar-refractivity contribution is 1.58. The molecular formula is C17H13B. The minimum Gasteiger partial charge on any atom is -0.0984 e. The molecule has 3 aromatic rings. The maximum absolute atomic E-state index is 5.90. The van der Waals surface area contributed by atoms with Crippen LogP contribution in [0.5, 0.6) is 0 Å². The van der Waals surface area contributed by atoms with E-state index in [1.165, 1.54) is 32.7 Å². The van der Waals surface area contributed by atoms with E-state index in [1.54, 1.807) is 0 Å². The van der Waals surface area contributed by atoms with Gasteiger partial charge in [0, 0.05) is 0 Å². The van der Waals surface area contributed by atoms with Crippen LogP contribution >= 0.6 is 0 Å². The van der Waals surface area contributed by atoms with E-state index in [1.807, 2.05) is 18.2 Å². The van der Waals surface area contributed by atoms with Gasteiger partial charge in [-0.1, -0.05) is 60.6 Å². The van der Waals surface area contributed by atoms with E-state index < -0.39 is 0 Å². The zero-order valence-electron chi connectivity index (χ0n) is 10.4. The summed E-state index contributed by atoms with van der Waals surface area (Å²) in [6.45, 7) is 6.10. The Balaban J connectivity index is 2.65. The van der Waals surface area contributed by atoms with Gasteiger partial charge < -0.3 is 0 Å². The molecule has 0 amide bonds. The Hall–Kier alpha value is -2.02. The molecule has 0 aliphatic rings. The summed E-state index contributed by atoms with van der Waals surface area (Å²) in [6, 6.07) is 14.5. The smallest absolute Gasteiger partial charge is 0.0984 e. The first kappa shape index (κ1) is 11.1. The molecule has 0 spiro atoms. The van der Waals surface area contributed by atoms with Crippen LogP contribution in [0.2, 0.25) is 0 Å². The number of rotatable bonds is 1. The molecule has 0 bridgehead atoms. The highest BCUT2D eigenvalue weighted by Crippen LogP contribution is 2.32. The van der Waals surface area contributed by atoms with E-state index in [0.717, 1.165) is 5.46 Å². The molecule has 18 heavy (non-hydrogen) atoms. The first-order chi connectivity index (χ1) is 8.72. The molecule has 0 nitrogen and oxygen atoms in total. The highest BCUT2D eigenvalue weighted by Gasteiger charge is 2.08. The molecule has 0 fully saturated rings. The van der Waals surface area contributed by atoms with Gasteiger partial charge in [0.15, 0.2) is 0 Å². The van der Waals surface area contributed by atoms with E-state index >= 15 is 0 Å². The summed E-state index contributed by atoms with van der Waals surface area (Å²) in [7, 11) is 5.90. The molecule has 3 aromatic carbocycles. The Labute approximate surface area is 108 Å². The zero-order chi connectivity index (χ0) is 12.7. The van der Waals surface area contributed by atoms with Crippen molar-refractivity contribution in [2.45, 2.75) is 6.92 Å². The van der Waals surface area contributed by atoms with Gasteiger partial charge in [-0.15, -0.1) is 0 Å². The van der Waals surface area contributed by atoms with Gasteiger partial charge in [-0.25, -0.2) is 0 Å². The van der Waals surface area contributed by atoms with Crippen LogP contribution < -0.4 is 5.46 Å². The summed E-state index contributed by atoms with van der Waals surface area (Å²) in [5, 5.41) is 4.95. The minimum absolute atomic E-state index is 0.802. The molecule has 3 rings (SSSR count). The predicted octanol–water partition coefficient (Wildman–Crippen LogP) is 3.74. The molecule has 0 saturated heterocycles. The maximum Gasteiger partial charge on any atom is 0.113 e. The second-order valence-corrected chi connectivity index (χ2v) is 4.59. The number of benzene rings is 3. The number of hydrogen-bond acceptors (Lipinski definition) is 0. The molecule has 84 valence electrons. The Morgan fingerprint density at radius 3 is 2.33 bits per heavy atom. The monoisotopic (exact) mass is 228 g/mol. The normalized spacial score (nSPS) is 10.9. The van der Waals surface area contributed by atoms with Gasteiger partial charge in [0.1, 0.15) is 7.85 Å². The fourth-order valence-electron chi connectivity index (χ4n) is 2.66. The van der Waals surface area contributed by atoms with Crippen LogP contribution in [0.25, 0.3) is 27.6 Å². The molecule has 0 aliphatic carbocycles. The lowest BCUT2D eigenvalue weighted by Crippen LogP contribution is -2.01. The summed E-state index contributed by atoms with van der Waals surface area (Å²) in [5.74, 6) is 0. The lowest BCUT2D eigenvalue weighted by Gasteiger charge is -2.12. The highest BCUT2D eigenvalue weighted by molar-refractivity contribution is 6.33. The Kier molecular flexibility index (Phi) is 2.48. The van der Waals surface area contributed by atoms with Crippen molar-refractivity contribution in [3.05, 3.63) is 60.2 Å². The first-order valence-electron chi connectivity index (χ1n) is 6.05. The van der Waals surface area contributed by atoms with Gasteiger partial charge in [-0.3, -0.25) is 0 Å². The number of aryl methyl sites for hydroxylation is 1. The molecule has 0 saturated carbocycles. The first-order valence-corrected chi connectivity index (χ1v) is 6.05. The zero-order valence-corrected chi connectivity index (χ0v) is 10.4. The van der Waals surface area contributed by atoms with E-state index in [-0.39, 0.29) is 0 Å². The van der Waals surface area contributed by atoms with Crippen molar-refractivity contribution < 1.29 is 0 Å². The molecule has 0 heterocycles. The summed E-state index contributed by atoms with van der Waals surface area (Å²) in [4.78, 5) is 0. The molecule has 2 radical (unpaired) electrons. The van der Waals surface area contributed by atoms with Crippen molar-refractivity contribution in [3.8, 4) is 0 Å². The fourth-order valence-corrected chi connectivity index (χ4v) is 2.66. The number of hydrogen-bond donors (Lipinski definition) is 0. The molecule has 1 heteroatoms. The van der Waals surface area contributed by atoms with Crippen molar-refractivity contribution in [2.24, 2.45) is 0 Å². The Bertz CT molecular complexity index is 769. The molecule has 0 aromatic heterocycles. The SMILES string of the molecule is [B]c1ccc2c(C=C)c3ccccc3c(C)c2c1. The second kappa shape index (κ2) is 4.02. The van der Waals surface area contributed by atoms with Crippen LogP contribution in [0, 0.1) is 6.92 Å². The topological polar surface area (TPSA) is 0 Å². The summed E-state index contributed by atoms with van der Waals surface area (Å²) in [5.41, 5.74) is 3.26. The Morgan fingerprint density at radius 1 is 0.944 bits per heavy atom. The fraction of sp³-hybridized carbons (Fsp3) is 0.0588. The third-order valence-corrected chi connectivity index (χ3v) is 3.56. The molecule has 0 N–H and O–H groups in total. The lowest BCUT2D eigenvalue weighted by atomic mass is 9.87. The van der Waals surface area contributed by atoms with Crippen molar-refractivity contribution in [3.63, 3.8) is 0 Å². The summed E-state index contributed by atoms with van der Waals surface area (Å²) in [6.07, 6.45) is 1.93. The van der Waals surface area contributed by atoms with Crippen LogP contribution in [-0.4, -0.2) is 7.85 Å². The predicted molar refractivity (Wildman–Crippen MR) is 81.7 cm³/mol. The van der Waals surface area contributed by atoms with Gasteiger partial charge >= 0.3 is 0 Å². The standard InChI is InChI=1S/C17H13B/c1-3-13-15-7-5-4-6-14(15)11(2)17-10-12(18)8-9-16(13)17/h3-10H,1H2,2H3. The van der Waals surface area contributed by atoms with E-state index in [0.29, 0.717) is 0 Å². The third kappa shape index (κ3) is 1.47. The summed E-state index contributed by atoms with van der Waals surface area (Å²) >= 11 is 0. The van der Waals surface area contributed by atoms with Gasteiger partial charge in [-0.2, -0.15) is 0 Å². The van der Waals surface area contributed by atoms with Crippen LogP contribution in [-0.2, 0) is 0 Å². The van der Waals surface area contributed by atoms with E-state index in [4.69, 9.17) is 7.85 Å². The largest absolute Gasteiger partial charge is 0.113 e. The van der Waals surface area contributed by atoms with Crippen molar-refractivity contribution in [2.75, 3.05) is 0 Å². The average molecular weight is 228 g/mol. The van der Waals surface area contributed by atoms with E-state index in [9.17, 15) is 0 Å². The van der Waals surface area contributed by atoms with Gasteiger partial charge in [-0.05, 0) is 39.6 Å². The molecule has 0 unspecified atom stereocenters. The van der Waals surface area contributed by atoms with Crippen molar-refractivity contribution >= 4 is 40.9 Å². The molecule has 0 aliphatic heterocycles. The van der Waals surface area contributed by atoms with Crippen LogP contribution in [0.3, 0.4) is 0 Å². The maximum atomic E-state index is 5.90. The summed E-state index contributed by atoms with van der Waals surface area (Å²) < 4.78 is 0. The third-order valence-electron chi connectivity index (χ3n) is 3.56. The van der Waals surface area contributed by atoms with Gasteiger partial charge in [0.05, 0.1) is 0 Å². The van der Waals surface area contributed by atoms with E-state index in [2.05, 4.69) is 43.8 Å². The van der Waals surface area contributed by atoms with Crippen LogP contribution in [0.15, 0.2) is 49.0 Å². The minimum atomic E-state index is 0.802. The average Bonchev–Trinajstić information content (AvgIpc) is 2.40. The quantitative estimate of drug-likeness (QED) is 0.439. The second-order valence-electron chi connectivity index (χ2n) is 4.59. The van der Waals surface area contributed by atoms with Crippen molar-refractivity contribution in [1.82, 2.24) is 0 Å². The van der Waals surface area contributed by atoms with Gasteiger partial charge in [0.2, 0.25) is 0 Å². The van der Waals surface area contributed by atoms with Crippen LogP contribution in [0.4, 0.5) is 0 Å².